The molecule has 1 unspecified atom stereocenters. The summed E-state index contributed by atoms with van der Waals surface area (Å²) in [5.41, 5.74) is 4.18. The van der Waals surface area contributed by atoms with Gasteiger partial charge in [0.05, 0.1) is 10.0 Å². The number of carbonyl (C=O) groups is 1. The number of aliphatic hydroxyl groups excluding tert-OH is 1. The van der Waals surface area contributed by atoms with Gasteiger partial charge in [-0.05, 0) is 60.9 Å². The standard InChI is InChI=1S/C24H24Cl2N2O2/c25-21-9-8-17(14-22(21)26)18(10-13-29)15-28-12-11-27-24(28)23(30)20-7-3-5-16-4-1-2-6-19(16)20/h3,5,7-9,11-12,14,18,29H,1-2,4,6,10,13,15H2. The molecule has 156 valence electrons. The summed E-state index contributed by atoms with van der Waals surface area (Å²) < 4.78 is 1.88. The number of benzene rings is 2. The molecule has 1 aromatic heterocycles. The molecule has 4 rings (SSSR count). The van der Waals surface area contributed by atoms with E-state index in [-0.39, 0.29) is 18.3 Å². The maximum atomic E-state index is 13.4. The minimum atomic E-state index is -0.0457. The molecule has 1 atom stereocenters. The second-order valence-electron chi connectivity index (χ2n) is 7.77. The van der Waals surface area contributed by atoms with E-state index in [1.807, 2.05) is 35.0 Å². The number of aryl methyl sites for hydroxylation is 1. The first-order valence-electron chi connectivity index (χ1n) is 10.3. The van der Waals surface area contributed by atoms with Crippen LogP contribution in [0, 0.1) is 0 Å². The Morgan fingerprint density at radius 1 is 1.13 bits per heavy atom. The smallest absolute Gasteiger partial charge is 0.228 e. The van der Waals surface area contributed by atoms with E-state index in [1.165, 1.54) is 17.5 Å². The van der Waals surface area contributed by atoms with E-state index < -0.39 is 0 Å². The van der Waals surface area contributed by atoms with Crippen molar-refractivity contribution >= 4 is 29.0 Å². The van der Waals surface area contributed by atoms with Crippen LogP contribution >= 0.6 is 23.2 Å². The third-order valence-corrected chi connectivity index (χ3v) is 6.61. The highest BCUT2D eigenvalue weighted by molar-refractivity contribution is 6.42. The Morgan fingerprint density at radius 3 is 2.77 bits per heavy atom. The maximum Gasteiger partial charge on any atom is 0.228 e. The number of hydrogen-bond donors (Lipinski definition) is 1. The summed E-state index contributed by atoms with van der Waals surface area (Å²) in [5.74, 6) is 0.364. The number of rotatable bonds is 7. The molecule has 0 spiro atoms. The molecule has 0 amide bonds. The van der Waals surface area contributed by atoms with Crippen LogP contribution in [0.4, 0.5) is 0 Å². The van der Waals surface area contributed by atoms with Crippen molar-refractivity contribution in [1.82, 2.24) is 9.55 Å². The first-order valence-corrected chi connectivity index (χ1v) is 11.1. The highest BCUT2D eigenvalue weighted by Crippen LogP contribution is 2.30. The largest absolute Gasteiger partial charge is 0.396 e. The Hall–Kier alpha value is -2.14. The molecule has 0 saturated heterocycles. The lowest BCUT2D eigenvalue weighted by atomic mass is 9.87. The molecule has 0 aliphatic heterocycles. The van der Waals surface area contributed by atoms with E-state index >= 15 is 0 Å². The minimum Gasteiger partial charge on any atom is -0.396 e. The number of nitrogens with zero attached hydrogens (tertiary/aromatic N) is 2. The highest BCUT2D eigenvalue weighted by atomic mass is 35.5. The van der Waals surface area contributed by atoms with Crippen LogP contribution in [0.5, 0.6) is 0 Å². The van der Waals surface area contributed by atoms with Gasteiger partial charge in [-0.15, -0.1) is 0 Å². The van der Waals surface area contributed by atoms with Gasteiger partial charge in [-0.25, -0.2) is 4.98 Å². The van der Waals surface area contributed by atoms with Crippen LogP contribution in [0.25, 0.3) is 0 Å². The molecule has 2 aromatic carbocycles. The maximum absolute atomic E-state index is 13.4. The number of hydrogen-bond acceptors (Lipinski definition) is 3. The number of aliphatic hydroxyl groups is 1. The fourth-order valence-corrected chi connectivity index (χ4v) is 4.61. The zero-order valence-electron chi connectivity index (χ0n) is 16.7. The van der Waals surface area contributed by atoms with E-state index in [0.29, 0.717) is 28.8 Å². The van der Waals surface area contributed by atoms with E-state index in [9.17, 15) is 9.90 Å². The zero-order valence-corrected chi connectivity index (χ0v) is 18.2. The van der Waals surface area contributed by atoms with E-state index in [2.05, 4.69) is 11.1 Å². The quantitative estimate of drug-likeness (QED) is 0.493. The average molecular weight is 443 g/mol. The highest BCUT2D eigenvalue weighted by Gasteiger charge is 2.23. The monoisotopic (exact) mass is 442 g/mol. The van der Waals surface area contributed by atoms with Gasteiger partial charge in [-0.2, -0.15) is 0 Å². The fourth-order valence-electron chi connectivity index (χ4n) is 4.30. The van der Waals surface area contributed by atoms with Gasteiger partial charge in [0.1, 0.15) is 0 Å². The number of fused-ring (bicyclic) bond motifs is 1. The van der Waals surface area contributed by atoms with Gasteiger partial charge in [0.2, 0.25) is 5.78 Å². The predicted octanol–water partition coefficient (Wildman–Crippen LogP) is 5.47. The van der Waals surface area contributed by atoms with Gasteiger partial charge in [0.15, 0.2) is 5.82 Å². The summed E-state index contributed by atoms with van der Waals surface area (Å²) >= 11 is 12.3. The number of ketones is 1. The topological polar surface area (TPSA) is 55.1 Å². The van der Waals surface area contributed by atoms with Crippen molar-refractivity contribution < 1.29 is 9.90 Å². The Balaban J connectivity index is 1.64. The van der Waals surface area contributed by atoms with Crippen molar-refractivity contribution in [2.75, 3.05) is 6.61 Å². The zero-order chi connectivity index (χ0) is 21.1. The van der Waals surface area contributed by atoms with Crippen LogP contribution in [0.2, 0.25) is 10.0 Å². The first kappa shape index (κ1) is 21.1. The lowest BCUT2D eigenvalue weighted by Crippen LogP contribution is -2.18. The van der Waals surface area contributed by atoms with Crippen molar-refractivity contribution in [1.29, 1.82) is 0 Å². The lowest BCUT2D eigenvalue weighted by Gasteiger charge is -2.20. The van der Waals surface area contributed by atoms with Crippen LogP contribution in [-0.4, -0.2) is 27.0 Å². The van der Waals surface area contributed by atoms with Crippen molar-refractivity contribution in [3.05, 3.63) is 86.9 Å². The van der Waals surface area contributed by atoms with Gasteiger partial charge < -0.3 is 9.67 Å². The molecule has 0 fully saturated rings. The van der Waals surface area contributed by atoms with Crippen LogP contribution in [0.3, 0.4) is 0 Å². The van der Waals surface area contributed by atoms with Crippen LogP contribution < -0.4 is 0 Å². The summed E-state index contributed by atoms with van der Waals surface area (Å²) in [4.78, 5) is 17.8. The van der Waals surface area contributed by atoms with Crippen molar-refractivity contribution in [2.24, 2.45) is 0 Å². The molecule has 1 aliphatic carbocycles. The van der Waals surface area contributed by atoms with Gasteiger partial charge in [-0.3, -0.25) is 4.79 Å². The van der Waals surface area contributed by atoms with Crippen LogP contribution in [-0.2, 0) is 19.4 Å². The summed E-state index contributed by atoms with van der Waals surface area (Å²) in [6, 6.07) is 11.5. The SMILES string of the molecule is O=C(c1cccc2c1CCCC2)c1nccn1CC(CCO)c1ccc(Cl)c(Cl)c1. The summed E-state index contributed by atoms with van der Waals surface area (Å²) in [6.45, 7) is 0.559. The number of carbonyl (C=O) groups excluding carboxylic acids is 1. The van der Waals surface area contributed by atoms with Gasteiger partial charge in [0.25, 0.3) is 0 Å². The third kappa shape index (κ3) is 4.31. The fraction of sp³-hybridized carbons (Fsp3) is 0.333. The van der Waals surface area contributed by atoms with Gasteiger partial charge in [0, 0.05) is 37.0 Å². The van der Waals surface area contributed by atoms with Crippen molar-refractivity contribution in [3.63, 3.8) is 0 Å². The molecule has 1 aliphatic rings. The first-order chi connectivity index (χ1) is 14.6. The van der Waals surface area contributed by atoms with E-state index in [4.69, 9.17) is 23.2 Å². The van der Waals surface area contributed by atoms with Crippen molar-refractivity contribution in [2.45, 2.75) is 44.6 Å². The normalized spacial score (nSPS) is 14.4. The summed E-state index contributed by atoms with van der Waals surface area (Å²) in [7, 11) is 0. The molecular formula is C24H24Cl2N2O2. The van der Waals surface area contributed by atoms with Gasteiger partial charge >= 0.3 is 0 Å². The number of aromatic nitrogens is 2. The molecule has 1 heterocycles. The Bertz CT molecular complexity index is 1060. The molecule has 3 aromatic rings. The van der Waals surface area contributed by atoms with Crippen LogP contribution in [0.1, 0.15) is 58.1 Å². The third-order valence-electron chi connectivity index (χ3n) is 5.87. The lowest BCUT2D eigenvalue weighted by molar-refractivity contribution is 0.102. The van der Waals surface area contributed by atoms with E-state index in [0.717, 1.165) is 30.4 Å². The molecule has 6 heteroatoms. The molecule has 30 heavy (non-hydrogen) atoms. The number of halogens is 2. The second kappa shape index (κ2) is 9.34. The predicted molar refractivity (Wildman–Crippen MR) is 120 cm³/mol. The Labute approximate surface area is 186 Å². The van der Waals surface area contributed by atoms with E-state index in [1.54, 1.807) is 12.3 Å². The average Bonchev–Trinajstić information content (AvgIpc) is 3.22. The molecule has 4 nitrogen and oxygen atoms in total. The molecule has 0 radical (unpaired) electrons. The van der Waals surface area contributed by atoms with Crippen LogP contribution in [0.15, 0.2) is 48.8 Å². The Kier molecular flexibility index (Phi) is 6.57. The molecule has 1 N–H and O–H groups in total. The van der Waals surface area contributed by atoms with Gasteiger partial charge in [-0.1, -0.05) is 47.5 Å². The summed E-state index contributed by atoms with van der Waals surface area (Å²) in [6.07, 6.45) is 8.28. The molecular weight excluding hydrogens is 419 g/mol. The Morgan fingerprint density at radius 2 is 1.97 bits per heavy atom. The minimum absolute atomic E-state index is 0.0183. The summed E-state index contributed by atoms with van der Waals surface area (Å²) in [5, 5.41) is 10.6. The number of imidazole rings is 1. The second-order valence-corrected chi connectivity index (χ2v) is 8.58. The molecule has 0 bridgehead atoms. The van der Waals surface area contributed by atoms with Crippen molar-refractivity contribution in [3.8, 4) is 0 Å². The molecule has 0 saturated carbocycles.